The summed E-state index contributed by atoms with van der Waals surface area (Å²) in [5.41, 5.74) is 5.54. The Labute approximate surface area is 106 Å². The lowest BCUT2D eigenvalue weighted by atomic mass is 10.5. The van der Waals surface area contributed by atoms with Crippen molar-refractivity contribution in [2.24, 2.45) is 7.05 Å². The van der Waals surface area contributed by atoms with Gasteiger partial charge in [0.15, 0.2) is 10.8 Å². The van der Waals surface area contributed by atoms with Crippen LogP contribution in [0.25, 0.3) is 0 Å². The summed E-state index contributed by atoms with van der Waals surface area (Å²) >= 11 is 0. The first-order valence-electron chi connectivity index (χ1n) is 5.32. The average Bonchev–Trinajstić information content (AvgIpc) is 2.65. The number of rotatable bonds is 5. The van der Waals surface area contributed by atoms with Gasteiger partial charge in [-0.05, 0) is 0 Å². The van der Waals surface area contributed by atoms with Gasteiger partial charge in [0.2, 0.25) is 5.91 Å². The van der Waals surface area contributed by atoms with Gasteiger partial charge < -0.3 is 15.6 Å². The molecule has 0 fully saturated rings. The largest absolute Gasteiger partial charge is 0.381 e. The zero-order valence-electron chi connectivity index (χ0n) is 10.5. The normalized spacial score (nSPS) is 11.8. The Morgan fingerprint density at radius 3 is 2.61 bits per heavy atom. The van der Waals surface area contributed by atoms with E-state index in [1.807, 2.05) is 0 Å². The van der Waals surface area contributed by atoms with Crippen molar-refractivity contribution in [3.8, 4) is 0 Å². The van der Waals surface area contributed by atoms with Crippen LogP contribution in [0.2, 0.25) is 0 Å². The minimum Gasteiger partial charge on any atom is -0.381 e. The number of nitrogens with zero attached hydrogens (tertiary/aromatic N) is 3. The number of aromatic nitrogens is 2. The molecule has 0 radical (unpaired) electrons. The summed E-state index contributed by atoms with van der Waals surface area (Å²) in [5.74, 6) is -0.464. The SMILES string of the molecule is CCN(CC(=O)NC)S(=O)(=O)c1c(N)ncn1C. The van der Waals surface area contributed by atoms with Gasteiger partial charge in [-0.1, -0.05) is 6.92 Å². The van der Waals surface area contributed by atoms with E-state index < -0.39 is 10.0 Å². The van der Waals surface area contributed by atoms with E-state index in [9.17, 15) is 13.2 Å². The molecule has 102 valence electrons. The van der Waals surface area contributed by atoms with E-state index in [1.165, 1.54) is 25.0 Å². The van der Waals surface area contributed by atoms with Crippen LogP contribution >= 0.6 is 0 Å². The van der Waals surface area contributed by atoms with Crippen molar-refractivity contribution < 1.29 is 13.2 Å². The Kier molecular flexibility index (Phi) is 4.30. The number of nitrogens with one attached hydrogen (secondary N) is 1. The molecule has 0 unspecified atom stereocenters. The van der Waals surface area contributed by atoms with Crippen molar-refractivity contribution in [1.29, 1.82) is 0 Å². The highest BCUT2D eigenvalue weighted by molar-refractivity contribution is 7.89. The van der Waals surface area contributed by atoms with Crippen molar-refractivity contribution in [2.75, 3.05) is 25.9 Å². The van der Waals surface area contributed by atoms with Gasteiger partial charge in [0.05, 0.1) is 12.9 Å². The number of sulfonamides is 1. The van der Waals surface area contributed by atoms with Crippen molar-refractivity contribution >= 4 is 21.7 Å². The number of amides is 1. The van der Waals surface area contributed by atoms with Gasteiger partial charge in [0, 0.05) is 20.6 Å². The van der Waals surface area contributed by atoms with E-state index in [0.717, 1.165) is 4.31 Å². The summed E-state index contributed by atoms with van der Waals surface area (Å²) in [6, 6.07) is 0. The van der Waals surface area contributed by atoms with Gasteiger partial charge in [-0.25, -0.2) is 13.4 Å². The number of nitrogen functional groups attached to an aromatic ring is 1. The Hall–Kier alpha value is -1.61. The fraction of sp³-hybridized carbons (Fsp3) is 0.556. The monoisotopic (exact) mass is 275 g/mol. The number of carbonyl (C=O) groups is 1. The van der Waals surface area contributed by atoms with Gasteiger partial charge in [-0.2, -0.15) is 4.31 Å². The molecule has 0 aliphatic carbocycles. The standard InChI is InChI=1S/C9H17N5O3S/c1-4-14(5-7(15)11-2)18(16,17)9-8(10)12-6-13(9)3/h6H,4-5,10H2,1-3H3,(H,11,15). The summed E-state index contributed by atoms with van der Waals surface area (Å²) in [5, 5.41) is 2.27. The van der Waals surface area contributed by atoms with Gasteiger partial charge in [0.25, 0.3) is 10.0 Å². The number of hydrogen-bond acceptors (Lipinski definition) is 5. The molecule has 1 amide bonds. The highest BCUT2D eigenvalue weighted by Crippen LogP contribution is 2.20. The van der Waals surface area contributed by atoms with Gasteiger partial charge in [-0.15, -0.1) is 0 Å². The molecule has 1 aromatic heterocycles. The second-order valence-electron chi connectivity index (χ2n) is 3.65. The molecule has 18 heavy (non-hydrogen) atoms. The summed E-state index contributed by atoms with van der Waals surface area (Å²) in [6.45, 7) is 1.56. The van der Waals surface area contributed by atoms with Crippen LogP contribution in [0.3, 0.4) is 0 Å². The third-order valence-corrected chi connectivity index (χ3v) is 4.50. The number of imidazole rings is 1. The molecule has 0 saturated heterocycles. The molecule has 0 aliphatic rings. The molecule has 0 aromatic carbocycles. The topological polar surface area (TPSA) is 110 Å². The van der Waals surface area contributed by atoms with E-state index in [2.05, 4.69) is 10.3 Å². The van der Waals surface area contributed by atoms with E-state index >= 15 is 0 Å². The zero-order chi connectivity index (χ0) is 13.9. The Morgan fingerprint density at radius 1 is 1.61 bits per heavy atom. The van der Waals surface area contributed by atoms with E-state index in [4.69, 9.17) is 5.73 Å². The summed E-state index contributed by atoms with van der Waals surface area (Å²) in [7, 11) is -0.849. The van der Waals surface area contributed by atoms with Crippen molar-refractivity contribution in [1.82, 2.24) is 19.2 Å². The van der Waals surface area contributed by atoms with Crippen LogP contribution in [-0.4, -0.2) is 48.3 Å². The van der Waals surface area contributed by atoms with Crippen LogP contribution < -0.4 is 11.1 Å². The number of likely N-dealkylation sites (N-methyl/N-ethyl adjacent to an activating group) is 2. The maximum atomic E-state index is 12.3. The molecule has 3 N–H and O–H groups in total. The molecule has 0 aliphatic heterocycles. The van der Waals surface area contributed by atoms with Gasteiger partial charge in [0.1, 0.15) is 0 Å². The number of aryl methyl sites for hydroxylation is 1. The van der Waals surface area contributed by atoms with Crippen LogP contribution in [-0.2, 0) is 21.9 Å². The molecule has 0 bridgehead atoms. The lowest BCUT2D eigenvalue weighted by Crippen LogP contribution is -2.40. The highest BCUT2D eigenvalue weighted by Gasteiger charge is 2.30. The number of nitrogens with two attached hydrogens (primary N) is 1. The Balaban J connectivity index is 3.15. The molecule has 1 heterocycles. The zero-order valence-corrected chi connectivity index (χ0v) is 11.4. The average molecular weight is 275 g/mol. The molecule has 1 rings (SSSR count). The molecule has 0 saturated carbocycles. The Morgan fingerprint density at radius 2 is 2.22 bits per heavy atom. The smallest absolute Gasteiger partial charge is 0.262 e. The van der Waals surface area contributed by atoms with Gasteiger partial charge in [-0.3, -0.25) is 4.79 Å². The minimum absolute atomic E-state index is 0.0761. The summed E-state index contributed by atoms with van der Waals surface area (Å²) in [6.07, 6.45) is 1.32. The minimum atomic E-state index is -3.83. The fourth-order valence-electron chi connectivity index (χ4n) is 1.48. The molecule has 9 heteroatoms. The van der Waals surface area contributed by atoms with E-state index in [0.29, 0.717) is 0 Å². The fourth-order valence-corrected chi connectivity index (χ4v) is 3.08. The quantitative estimate of drug-likeness (QED) is 0.698. The third kappa shape index (κ3) is 2.62. The molecular formula is C9H17N5O3S. The van der Waals surface area contributed by atoms with Crippen molar-refractivity contribution in [3.63, 3.8) is 0 Å². The first kappa shape index (κ1) is 14.5. The van der Waals surface area contributed by atoms with Crippen LogP contribution in [0.15, 0.2) is 11.4 Å². The van der Waals surface area contributed by atoms with Crippen LogP contribution in [0.1, 0.15) is 6.92 Å². The molecular weight excluding hydrogens is 258 g/mol. The predicted molar refractivity (Wildman–Crippen MR) is 66.1 cm³/mol. The first-order chi connectivity index (χ1) is 8.34. The predicted octanol–water partition coefficient (Wildman–Crippen LogP) is -1.24. The van der Waals surface area contributed by atoms with Crippen LogP contribution in [0, 0.1) is 0 Å². The molecule has 8 nitrogen and oxygen atoms in total. The Bertz CT molecular complexity index is 517. The number of anilines is 1. The van der Waals surface area contributed by atoms with Crippen molar-refractivity contribution in [2.45, 2.75) is 11.9 Å². The van der Waals surface area contributed by atoms with E-state index in [-0.39, 0.29) is 29.8 Å². The highest BCUT2D eigenvalue weighted by atomic mass is 32.2. The lowest BCUT2D eigenvalue weighted by Gasteiger charge is -2.19. The second kappa shape index (κ2) is 5.36. The second-order valence-corrected chi connectivity index (χ2v) is 5.50. The van der Waals surface area contributed by atoms with Crippen LogP contribution in [0.5, 0.6) is 0 Å². The summed E-state index contributed by atoms with van der Waals surface area (Å²) in [4.78, 5) is 15.0. The first-order valence-corrected chi connectivity index (χ1v) is 6.76. The maximum absolute atomic E-state index is 12.3. The van der Waals surface area contributed by atoms with Gasteiger partial charge >= 0.3 is 0 Å². The number of carbonyl (C=O) groups excluding carboxylic acids is 1. The summed E-state index contributed by atoms with van der Waals surface area (Å²) < 4.78 is 27.0. The van der Waals surface area contributed by atoms with Crippen molar-refractivity contribution in [3.05, 3.63) is 6.33 Å². The lowest BCUT2D eigenvalue weighted by molar-refractivity contribution is -0.120. The van der Waals surface area contributed by atoms with E-state index in [1.54, 1.807) is 6.92 Å². The molecule has 1 aromatic rings. The van der Waals surface area contributed by atoms with Crippen LogP contribution in [0.4, 0.5) is 5.82 Å². The molecule has 0 atom stereocenters. The maximum Gasteiger partial charge on any atom is 0.262 e. The number of hydrogen-bond donors (Lipinski definition) is 2. The molecule has 0 spiro atoms. The third-order valence-electron chi connectivity index (χ3n) is 2.45.